The molecule has 0 aromatic heterocycles. The highest BCUT2D eigenvalue weighted by Crippen LogP contribution is 2.34. The smallest absolute Gasteiger partial charge is 0.387 e. The second-order valence-corrected chi connectivity index (χ2v) is 6.23. The van der Waals surface area contributed by atoms with Gasteiger partial charge in [0.1, 0.15) is 0 Å². The summed E-state index contributed by atoms with van der Waals surface area (Å²) in [6, 6.07) is 4.16. The molecule has 0 aliphatic carbocycles. The number of nitro benzene ring substituents is 1. The summed E-state index contributed by atoms with van der Waals surface area (Å²) in [5.74, 6) is -0.387. The maximum Gasteiger partial charge on any atom is 0.387 e. The molecule has 1 saturated heterocycles. The standard InChI is InChI=1S/C14H18F2N2O3S/c1-22-11-4-2-3-7-17(9-11)10-5-6-12(18(19)20)13(8-10)21-14(15)16/h5-6,8,11,14H,2-4,7,9H2,1H3. The molecule has 1 aliphatic heterocycles. The SMILES string of the molecule is CSC1CCCCN(c2ccc([N+](=O)[O-])c(OC(F)F)c2)C1. The fraction of sp³-hybridized carbons (Fsp3) is 0.571. The van der Waals surface area contributed by atoms with Crippen LogP contribution in [-0.2, 0) is 0 Å². The summed E-state index contributed by atoms with van der Waals surface area (Å²) in [5.41, 5.74) is 0.238. The van der Waals surface area contributed by atoms with Gasteiger partial charge >= 0.3 is 12.3 Å². The Balaban J connectivity index is 2.28. The summed E-state index contributed by atoms with van der Waals surface area (Å²) in [6.45, 7) is -1.48. The largest absolute Gasteiger partial charge is 0.427 e. The minimum atomic E-state index is -3.09. The molecule has 0 amide bonds. The Kier molecular flexibility index (Phi) is 5.82. The maximum atomic E-state index is 12.5. The number of nitrogens with zero attached hydrogens (tertiary/aromatic N) is 2. The second kappa shape index (κ2) is 7.62. The molecule has 22 heavy (non-hydrogen) atoms. The van der Waals surface area contributed by atoms with E-state index in [1.165, 1.54) is 12.1 Å². The van der Waals surface area contributed by atoms with Gasteiger partial charge in [0.05, 0.1) is 4.92 Å². The van der Waals surface area contributed by atoms with Gasteiger partial charge in [-0.05, 0) is 25.2 Å². The molecule has 1 aliphatic rings. The van der Waals surface area contributed by atoms with E-state index in [1.54, 1.807) is 17.8 Å². The van der Waals surface area contributed by atoms with Crippen molar-refractivity contribution in [1.29, 1.82) is 0 Å². The van der Waals surface area contributed by atoms with Gasteiger partial charge in [-0.1, -0.05) is 6.42 Å². The number of hydrogen-bond acceptors (Lipinski definition) is 5. The Hall–Kier alpha value is -1.57. The van der Waals surface area contributed by atoms with Crippen molar-refractivity contribution in [3.8, 4) is 5.75 Å². The molecular formula is C14H18F2N2O3S. The Morgan fingerprint density at radius 1 is 1.45 bits per heavy atom. The van der Waals surface area contributed by atoms with E-state index in [1.807, 2.05) is 0 Å². The summed E-state index contributed by atoms with van der Waals surface area (Å²) < 4.78 is 29.2. The maximum absolute atomic E-state index is 12.5. The van der Waals surface area contributed by atoms with Crippen molar-refractivity contribution in [3.05, 3.63) is 28.3 Å². The van der Waals surface area contributed by atoms with Crippen LogP contribution in [0.4, 0.5) is 20.2 Å². The molecule has 0 radical (unpaired) electrons. The van der Waals surface area contributed by atoms with E-state index in [9.17, 15) is 18.9 Å². The Morgan fingerprint density at radius 3 is 2.86 bits per heavy atom. The summed E-state index contributed by atoms with van der Waals surface area (Å²) in [7, 11) is 0. The minimum Gasteiger partial charge on any atom is -0.427 e. The summed E-state index contributed by atoms with van der Waals surface area (Å²) in [6.07, 6.45) is 5.30. The van der Waals surface area contributed by atoms with E-state index in [0.29, 0.717) is 10.9 Å². The fourth-order valence-electron chi connectivity index (χ4n) is 2.57. The van der Waals surface area contributed by atoms with Crippen LogP contribution in [0.5, 0.6) is 5.75 Å². The molecule has 0 bridgehead atoms. The zero-order valence-corrected chi connectivity index (χ0v) is 13.0. The first kappa shape index (κ1) is 16.8. The minimum absolute atomic E-state index is 0.387. The van der Waals surface area contributed by atoms with E-state index in [-0.39, 0.29) is 5.75 Å². The predicted molar refractivity (Wildman–Crippen MR) is 83.1 cm³/mol. The normalized spacial score (nSPS) is 19.1. The quantitative estimate of drug-likeness (QED) is 0.604. The molecule has 0 saturated carbocycles. The Bertz CT molecular complexity index is 531. The number of ether oxygens (including phenoxy) is 1. The van der Waals surface area contributed by atoms with Crippen LogP contribution in [0.25, 0.3) is 0 Å². The topological polar surface area (TPSA) is 55.6 Å². The Morgan fingerprint density at radius 2 is 2.23 bits per heavy atom. The molecule has 1 aromatic rings. The first-order chi connectivity index (χ1) is 10.5. The van der Waals surface area contributed by atoms with Crippen molar-refractivity contribution >= 4 is 23.1 Å². The lowest BCUT2D eigenvalue weighted by molar-refractivity contribution is -0.386. The van der Waals surface area contributed by atoms with Crippen LogP contribution < -0.4 is 9.64 Å². The van der Waals surface area contributed by atoms with Gasteiger partial charge in [0, 0.05) is 36.2 Å². The summed E-state index contributed by atoms with van der Waals surface area (Å²) in [5, 5.41) is 11.4. The molecule has 1 atom stereocenters. The fourth-order valence-corrected chi connectivity index (χ4v) is 3.30. The number of rotatable bonds is 5. The van der Waals surface area contributed by atoms with Gasteiger partial charge in [-0.3, -0.25) is 10.1 Å². The molecule has 8 heteroatoms. The molecule has 1 fully saturated rings. The van der Waals surface area contributed by atoms with Gasteiger partial charge in [0.25, 0.3) is 0 Å². The van der Waals surface area contributed by atoms with E-state index < -0.39 is 17.2 Å². The first-order valence-corrected chi connectivity index (χ1v) is 8.31. The average Bonchev–Trinajstić information content (AvgIpc) is 2.71. The Labute approximate surface area is 131 Å². The van der Waals surface area contributed by atoms with Gasteiger partial charge in [0.15, 0.2) is 0 Å². The molecule has 5 nitrogen and oxygen atoms in total. The van der Waals surface area contributed by atoms with Crippen LogP contribution >= 0.6 is 11.8 Å². The van der Waals surface area contributed by atoms with Crippen LogP contribution in [0.2, 0.25) is 0 Å². The number of anilines is 1. The van der Waals surface area contributed by atoms with Crippen LogP contribution in [0.1, 0.15) is 19.3 Å². The number of benzene rings is 1. The molecule has 0 N–H and O–H groups in total. The number of halogens is 2. The second-order valence-electron chi connectivity index (χ2n) is 5.09. The monoisotopic (exact) mass is 332 g/mol. The molecular weight excluding hydrogens is 314 g/mol. The molecule has 1 aromatic carbocycles. The number of hydrogen-bond donors (Lipinski definition) is 0. The van der Waals surface area contributed by atoms with Gasteiger partial charge in [0.2, 0.25) is 5.75 Å². The van der Waals surface area contributed by atoms with Crippen LogP contribution in [-0.4, -0.2) is 36.1 Å². The highest BCUT2D eigenvalue weighted by molar-refractivity contribution is 7.99. The third-order valence-electron chi connectivity index (χ3n) is 3.68. The van der Waals surface area contributed by atoms with Gasteiger partial charge < -0.3 is 9.64 Å². The van der Waals surface area contributed by atoms with E-state index in [4.69, 9.17) is 0 Å². The third-order valence-corrected chi connectivity index (χ3v) is 4.73. The molecule has 0 spiro atoms. The predicted octanol–water partition coefficient (Wildman–Crippen LogP) is 3.92. The van der Waals surface area contributed by atoms with Gasteiger partial charge in [-0.15, -0.1) is 0 Å². The highest BCUT2D eigenvalue weighted by atomic mass is 32.2. The molecule has 122 valence electrons. The van der Waals surface area contributed by atoms with Crippen molar-refractivity contribution in [3.63, 3.8) is 0 Å². The van der Waals surface area contributed by atoms with E-state index >= 15 is 0 Å². The summed E-state index contributed by atoms with van der Waals surface area (Å²) >= 11 is 1.78. The molecule has 2 rings (SSSR count). The highest BCUT2D eigenvalue weighted by Gasteiger charge is 2.23. The first-order valence-electron chi connectivity index (χ1n) is 7.02. The lowest BCUT2D eigenvalue weighted by atomic mass is 10.2. The zero-order chi connectivity index (χ0) is 16.1. The van der Waals surface area contributed by atoms with Crippen molar-refractivity contribution in [2.24, 2.45) is 0 Å². The van der Waals surface area contributed by atoms with E-state index in [0.717, 1.165) is 32.4 Å². The lowest BCUT2D eigenvalue weighted by Crippen LogP contribution is -2.29. The van der Waals surface area contributed by atoms with Crippen molar-refractivity contribution in [1.82, 2.24) is 0 Å². The van der Waals surface area contributed by atoms with Gasteiger partial charge in [-0.2, -0.15) is 20.5 Å². The summed E-state index contributed by atoms with van der Waals surface area (Å²) in [4.78, 5) is 12.3. The zero-order valence-electron chi connectivity index (χ0n) is 12.2. The van der Waals surface area contributed by atoms with E-state index in [2.05, 4.69) is 15.9 Å². The number of thioether (sulfide) groups is 1. The molecule has 1 heterocycles. The van der Waals surface area contributed by atoms with Crippen LogP contribution in [0, 0.1) is 10.1 Å². The van der Waals surface area contributed by atoms with Crippen molar-refractivity contribution < 1.29 is 18.4 Å². The number of alkyl halides is 2. The van der Waals surface area contributed by atoms with Crippen molar-refractivity contribution in [2.75, 3.05) is 24.2 Å². The third kappa shape index (κ3) is 4.22. The van der Waals surface area contributed by atoms with Gasteiger partial charge in [-0.25, -0.2) is 0 Å². The lowest BCUT2D eigenvalue weighted by Gasteiger charge is -2.26. The number of nitro groups is 1. The van der Waals surface area contributed by atoms with Crippen molar-refractivity contribution in [2.45, 2.75) is 31.1 Å². The van der Waals surface area contributed by atoms with Crippen LogP contribution in [0.3, 0.4) is 0 Å². The van der Waals surface area contributed by atoms with Crippen LogP contribution in [0.15, 0.2) is 18.2 Å². The average molecular weight is 332 g/mol. The molecule has 1 unspecified atom stereocenters.